The molecule has 1 aliphatic carbocycles. The van der Waals surface area contributed by atoms with Crippen LogP contribution >= 0.6 is 0 Å². The first-order valence-corrected chi connectivity index (χ1v) is 6.33. The first-order valence-electron chi connectivity index (χ1n) is 6.33. The number of nitrogens with two attached hydrogens (primary N) is 1. The van der Waals surface area contributed by atoms with Crippen LogP contribution in [0.15, 0.2) is 17.3 Å². The number of hydrogen-bond donors (Lipinski definition) is 2. The Labute approximate surface area is 107 Å². The van der Waals surface area contributed by atoms with Gasteiger partial charge in [-0.2, -0.15) is 0 Å². The molecule has 4 nitrogen and oxygen atoms in total. The lowest BCUT2D eigenvalue weighted by Crippen LogP contribution is -2.14. The van der Waals surface area contributed by atoms with Crippen LogP contribution in [-0.2, 0) is 0 Å². The second-order valence-electron chi connectivity index (χ2n) is 5.00. The van der Waals surface area contributed by atoms with E-state index in [1.54, 1.807) is 0 Å². The number of hydrogen-bond acceptors (Lipinski definition) is 3. The van der Waals surface area contributed by atoms with Crippen molar-refractivity contribution in [1.82, 2.24) is 0 Å². The molecule has 1 aromatic rings. The summed E-state index contributed by atoms with van der Waals surface area (Å²) in [7, 11) is 0. The average Bonchev–Trinajstić information content (AvgIpc) is 3.15. The molecular formula is C14H20N2O2. The molecule has 4 heteroatoms. The topological polar surface area (TPSA) is 67.8 Å². The highest BCUT2D eigenvalue weighted by Gasteiger charge is 2.21. The van der Waals surface area contributed by atoms with Gasteiger partial charge in [-0.1, -0.05) is 18.0 Å². The zero-order valence-electron chi connectivity index (χ0n) is 10.9. The molecule has 0 aliphatic heterocycles. The van der Waals surface area contributed by atoms with Gasteiger partial charge in [-0.15, -0.1) is 0 Å². The highest BCUT2D eigenvalue weighted by atomic mass is 16.5. The maximum absolute atomic E-state index is 8.68. The van der Waals surface area contributed by atoms with E-state index in [0.717, 1.165) is 41.4 Å². The van der Waals surface area contributed by atoms with E-state index in [1.165, 1.54) is 12.8 Å². The van der Waals surface area contributed by atoms with Crippen LogP contribution in [0.1, 0.15) is 36.0 Å². The Balaban J connectivity index is 2.09. The molecule has 0 unspecified atom stereocenters. The van der Waals surface area contributed by atoms with Gasteiger partial charge in [0, 0.05) is 5.56 Å². The van der Waals surface area contributed by atoms with E-state index in [4.69, 9.17) is 15.7 Å². The molecule has 0 spiro atoms. The standard InChI is InChI=1S/C14H20N2O2/c1-9-7-12(14(15)16-17)8-10(2)13(9)18-6-5-11-3-4-11/h7-8,11,17H,3-6H2,1-2H3,(H2,15,16). The second kappa shape index (κ2) is 5.29. The smallest absolute Gasteiger partial charge is 0.170 e. The van der Waals surface area contributed by atoms with Crippen molar-refractivity contribution in [3.05, 3.63) is 28.8 Å². The summed E-state index contributed by atoms with van der Waals surface area (Å²) in [5.41, 5.74) is 8.36. The molecule has 0 bridgehead atoms. The summed E-state index contributed by atoms with van der Waals surface area (Å²) in [6.07, 6.45) is 3.84. The quantitative estimate of drug-likeness (QED) is 0.364. The van der Waals surface area contributed by atoms with Crippen LogP contribution in [0, 0.1) is 19.8 Å². The zero-order chi connectivity index (χ0) is 13.1. The third kappa shape index (κ3) is 2.94. The van der Waals surface area contributed by atoms with Gasteiger partial charge in [-0.3, -0.25) is 0 Å². The predicted octanol–water partition coefficient (Wildman–Crippen LogP) is 2.58. The molecule has 0 aromatic heterocycles. The first kappa shape index (κ1) is 12.7. The van der Waals surface area contributed by atoms with Crippen molar-refractivity contribution >= 4 is 5.84 Å². The Morgan fingerprint density at radius 3 is 2.50 bits per heavy atom. The van der Waals surface area contributed by atoms with E-state index < -0.39 is 0 Å². The fraction of sp³-hybridized carbons (Fsp3) is 0.500. The summed E-state index contributed by atoms with van der Waals surface area (Å²) in [6, 6.07) is 3.77. The maximum Gasteiger partial charge on any atom is 0.170 e. The monoisotopic (exact) mass is 248 g/mol. The zero-order valence-corrected chi connectivity index (χ0v) is 10.9. The minimum absolute atomic E-state index is 0.130. The van der Waals surface area contributed by atoms with Crippen molar-refractivity contribution in [2.24, 2.45) is 16.8 Å². The molecule has 1 fully saturated rings. The number of oxime groups is 1. The van der Waals surface area contributed by atoms with E-state index >= 15 is 0 Å². The number of amidine groups is 1. The van der Waals surface area contributed by atoms with Crippen molar-refractivity contribution < 1.29 is 9.94 Å². The molecule has 1 saturated carbocycles. The largest absolute Gasteiger partial charge is 0.493 e. The summed E-state index contributed by atoms with van der Waals surface area (Å²) in [6.45, 7) is 4.73. The van der Waals surface area contributed by atoms with E-state index in [0.29, 0.717) is 0 Å². The van der Waals surface area contributed by atoms with Crippen LogP contribution in [0.2, 0.25) is 0 Å². The molecule has 0 radical (unpaired) electrons. The molecule has 0 atom stereocenters. The summed E-state index contributed by atoms with van der Waals surface area (Å²) < 4.78 is 5.84. The highest BCUT2D eigenvalue weighted by Crippen LogP contribution is 2.33. The van der Waals surface area contributed by atoms with Crippen LogP contribution in [0.4, 0.5) is 0 Å². The van der Waals surface area contributed by atoms with Gasteiger partial charge < -0.3 is 15.7 Å². The lowest BCUT2D eigenvalue weighted by atomic mass is 10.1. The van der Waals surface area contributed by atoms with Gasteiger partial charge >= 0.3 is 0 Å². The SMILES string of the molecule is Cc1cc(C(N)=NO)cc(C)c1OCCC1CC1. The summed E-state index contributed by atoms with van der Waals surface area (Å²) >= 11 is 0. The molecule has 3 N–H and O–H groups in total. The van der Waals surface area contributed by atoms with Crippen molar-refractivity contribution in [1.29, 1.82) is 0 Å². The number of aryl methyl sites for hydroxylation is 2. The van der Waals surface area contributed by atoms with Gasteiger partial charge in [0.1, 0.15) is 5.75 Å². The summed E-state index contributed by atoms with van der Waals surface area (Å²) in [5, 5.41) is 11.7. The van der Waals surface area contributed by atoms with Gasteiger partial charge in [0.2, 0.25) is 0 Å². The number of ether oxygens (including phenoxy) is 1. The van der Waals surface area contributed by atoms with Crippen molar-refractivity contribution in [3.8, 4) is 5.75 Å². The van der Waals surface area contributed by atoms with Crippen LogP contribution < -0.4 is 10.5 Å². The Morgan fingerprint density at radius 2 is 2.00 bits per heavy atom. The fourth-order valence-corrected chi connectivity index (χ4v) is 2.12. The molecule has 2 rings (SSSR count). The van der Waals surface area contributed by atoms with E-state index in [-0.39, 0.29) is 5.84 Å². The van der Waals surface area contributed by atoms with Gasteiger partial charge in [-0.25, -0.2) is 0 Å². The fourth-order valence-electron chi connectivity index (χ4n) is 2.12. The molecule has 98 valence electrons. The van der Waals surface area contributed by atoms with E-state index in [9.17, 15) is 0 Å². The van der Waals surface area contributed by atoms with E-state index in [1.807, 2.05) is 26.0 Å². The second-order valence-corrected chi connectivity index (χ2v) is 5.00. The number of rotatable bonds is 5. The van der Waals surface area contributed by atoms with Crippen molar-refractivity contribution in [2.45, 2.75) is 33.1 Å². The molecule has 0 amide bonds. The predicted molar refractivity (Wildman–Crippen MR) is 71.3 cm³/mol. The average molecular weight is 248 g/mol. The Morgan fingerprint density at radius 1 is 1.39 bits per heavy atom. The number of benzene rings is 1. The van der Waals surface area contributed by atoms with Gasteiger partial charge in [-0.05, 0) is 49.4 Å². The molecule has 0 heterocycles. The molecule has 1 aromatic carbocycles. The van der Waals surface area contributed by atoms with E-state index in [2.05, 4.69) is 5.16 Å². The van der Waals surface area contributed by atoms with Crippen LogP contribution in [0.5, 0.6) is 5.75 Å². The van der Waals surface area contributed by atoms with Crippen molar-refractivity contribution in [3.63, 3.8) is 0 Å². The number of nitrogens with zero attached hydrogens (tertiary/aromatic N) is 1. The van der Waals surface area contributed by atoms with Gasteiger partial charge in [0.05, 0.1) is 6.61 Å². The lowest BCUT2D eigenvalue weighted by molar-refractivity contribution is 0.298. The normalized spacial score (nSPS) is 15.8. The maximum atomic E-state index is 8.68. The summed E-state index contributed by atoms with van der Waals surface area (Å²) in [4.78, 5) is 0. The molecular weight excluding hydrogens is 228 g/mol. The minimum Gasteiger partial charge on any atom is -0.493 e. The van der Waals surface area contributed by atoms with Crippen LogP contribution in [-0.4, -0.2) is 17.6 Å². The van der Waals surface area contributed by atoms with Gasteiger partial charge in [0.25, 0.3) is 0 Å². The summed E-state index contributed by atoms with van der Waals surface area (Å²) in [5.74, 6) is 1.93. The third-order valence-corrected chi connectivity index (χ3v) is 3.33. The molecule has 18 heavy (non-hydrogen) atoms. The minimum atomic E-state index is 0.130. The Hall–Kier alpha value is -1.71. The van der Waals surface area contributed by atoms with Gasteiger partial charge in [0.15, 0.2) is 5.84 Å². The van der Waals surface area contributed by atoms with Crippen LogP contribution in [0.3, 0.4) is 0 Å². The highest BCUT2D eigenvalue weighted by molar-refractivity contribution is 5.97. The Bertz CT molecular complexity index is 442. The third-order valence-electron chi connectivity index (χ3n) is 3.33. The van der Waals surface area contributed by atoms with Crippen molar-refractivity contribution in [2.75, 3.05) is 6.61 Å². The lowest BCUT2D eigenvalue weighted by Gasteiger charge is -2.13. The Kier molecular flexibility index (Phi) is 3.75. The first-order chi connectivity index (χ1) is 8.61. The molecule has 1 aliphatic rings. The molecule has 0 saturated heterocycles. The van der Waals surface area contributed by atoms with Crippen LogP contribution in [0.25, 0.3) is 0 Å².